The summed E-state index contributed by atoms with van der Waals surface area (Å²) in [4.78, 5) is 3.89. The molecule has 4 rings (SSSR count). The quantitative estimate of drug-likeness (QED) is 0.164. The van der Waals surface area contributed by atoms with Crippen molar-refractivity contribution in [3.63, 3.8) is 0 Å². The Morgan fingerprint density at radius 2 is 1.64 bits per heavy atom. The number of hydrogen-bond donors (Lipinski definition) is 1. The number of allylic oxidation sites excluding steroid dienone is 2. The van der Waals surface area contributed by atoms with Crippen molar-refractivity contribution in [1.82, 2.24) is 14.8 Å². The van der Waals surface area contributed by atoms with Gasteiger partial charge in [-0.25, -0.2) is 18.4 Å². The lowest BCUT2D eigenvalue weighted by atomic mass is 9.90. The van der Waals surface area contributed by atoms with E-state index in [1.54, 1.807) is 43.4 Å². The van der Waals surface area contributed by atoms with Gasteiger partial charge in [-0.2, -0.15) is 27.1 Å². The Hall–Kier alpha value is -3.40. The van der Waals surface area contributed by atoms with E-state index in [9.17, 15) is 35.8 Å². The van der Waals surface area contributed by atoms with Crippen LogP contribution in [0.2, 0.25) is 0 Å². The highest BCUT2D eigenvalue weighted by molar-refractivity contribution is 8.00. The molecule has 2 heterocycles. The lowest BCUT2D eigenvalue weighted by molar-refractivity contribution is -0.148. The van der Waals surface area contributed by atoms with E-state index in [2.05, 4.69) is 10.1 Å². The van der Waals surface area contributed by atoms with Crippen LogP contribution in [0.1, 0.15) is 23.6 Å². The minimum atomic E-state index is -4.51. The summed E-state index contributed by atoms with van der Waals surface area (Å²) in [6.45, 7) is 0.875. The van der Waals surface area contributed by atoms with Crippen molar-refractivity contribution in [1.29, 1.82) is 0 Å². The molecule has 0 spiro atoms. The number of rotatable bonds is 13. The average molecular weight is 662 g/mol. The predicted molar refractivity (Wildman–Crippen MR) is 153 cm³/mol. The first-order chi connectivity index (χ1) is 21.3. The zero-order chi connectivity index (χ0) is 32.7. The monoisotopic (exact) mass is 661 g/mol. The molecule has 1 saturated heterocycles. The maximum Gasteiger partial charge on any atom is 0.416 e. The maximum atomic E-state index is 13.1. The first-order valence-corrected chi connectivity index (χ1v) is 14.6. The standard InChI is InChI=1S/C30H30F7N3O4S/c1-20(28(41,16-40-19-38-18-39-40)22-8-10-23(11-9-22)30(35,36)37)45-25-14-42-26(43-15-25)5-3-2-4-21-6-12-24(13-7-21)44-17-29(33,34)27(31)32/h2-13,18-20,25-27,41H,14-17H2,1H3. The summed E-state index contributed by atoms with van der Waals surface area (Å²) in [6.07, 6.45) is 0.538. The molecule has 1 aliphatic rings. The molecule has 244 valence electrons. The molecule has 2 aromatic carbocycles. The molecule has 0 amide bonds. The Bertz CT molecular complexity index is 1400. The zero-order valence-corrected chi connectivity index (χ0v) is 24.6. The highest BCUT2D eigenvalue weighted by Crippen LogP contribution is 2.39. The van der Waals surface area contributed by atoms with Gasteiger partial charge in [0.25, 0.3) is 0 Å². The molecule has 1 fully saturated rings. The van der Waals surface area contributed by atoms with Crippen LogP contribution in [0.4, 0.5) is 30.7 Å². The van der Waals surface area contributed by atoms with Gasteiger partial charge in [-0.3, -0.25) is 0 Å². The van der Waals surface area contributed by atoms with E-state index in [1.807, 2.05) is 0 Å². The zero-order valence-electron chi connectivity index (χ0n) is 23.8. The van der Waals surface area contributed by atoms with Gasteiger partial charge in [0.15, 0.2) is 12.9 Å². The Kier molecular flexibility index (Phi) is 11.3. The number of ether oxygens (including phenoxy) is 3. The summed E-state index contributed by atoms with van der Waals surface area (Å²) in [5, 5.41) is 15.1. The van der Waals surface area contributed by atoms with E-state index >= 15 is 0 Å². The van der Waals surface area contributed by atoms with Crippen molar-refractivity contribution in [2.75, 3.05) is 19.8 Å². The van der Waals surface area contributed by atoms with Gasteiger partial charge < -0.3 is 19.3 Å². The van der Waals surface area contributed by atoms with E-state index < -0.39 is 47.8 Å². The highest BCUT2D eigenvalue weighted by Gasteiger charge is 2.42. The minimum absolute atomic E-state index is 0.0324. The summed E-state index contributed by atoms with van der Waals surface area (Å²) in [6, 6.07) is 10.3. The second kappa shape index (κ2) is 14.8. The second-order valence-electron chi connectivity index (χ2n) is 10.2. The number of aromatic nitrogens is 3. The van der Waals surface area contributed by atoms with E-state index in [0.717, 1.165) is 12.1 Å². The van der Waals surface area contributed by atoms with E-state index in [4.69, 9.17) is 14.2 Å². The van der Waals surface area contributed by atoms with Crippen LogP contribution in [-0.2, 0) is 27.8 Å². The van der Waals surface area contributed by atoms with Crippen LogP contribution in [0.5, 0.6) is 5.75 Å². The number of hydrogen-bond acceptors (Lipinski definition) is 7. The molecule has 0 aliphatic carbocycles. The molecule has 0 saturated carbocycles. The molecule has 2 atom stereocenters. The van der Waals surface area contributed by atoms with Crippen molar-refractivity contribution in [2.45, 2.75) is 54.4 Å². The molecule has 1 aliphatic heterocycles. The van der Waals surface area contributed by atoms with Crippen LogP contribution in [0.15, 0.2) is 79.4 Å². The van der Waals surface area contributed by atoms with Crippen LogP contribution >= 0.6 is 11.8 Å². The fraction of sp³-hybridized carbons (Fsp3) is 0.400. The van der Waals surface area contributed by atoms with Crippen molar-refractivity contribution in [2.24, 2.45) is 0 Å². The second-order valence-corrected chi connectivity index (χ2v) is 11.8. The summed E-state index contributed by atoms with van der Waals surface area (Å²) in [5.41, 5.74) is -1.41. The number of thioether (sulfide) groups is 1. The molecule has 3 aromatic rings. The van der Waals surface area contributed by atoms with Crippen LogP contribution in [0.3, 0.4) is 0 Å². The molecule has 15 heteroatoms. The van der Waals surface area contributed by atoms with Gasteiger partial charge >= 0.3 is 18.5 Å². The van der Waals surface area contributed by atoms with E-state index in [1.165, 1.54) is 53.4 Å². The Labute approximate surface area is 258 Å². The lowest BCUT2D eigenvalue weighted by Crippen LogP contribution is -2.43. The average Bonchev–Trinajstić information content (AvgIpc) is 3.52. The number of benzene rings is 2. The number of nitrogens with zero attached hydrogens (tertiary/aromatic N) is 3. The van der Waals surface area contributed by atoms with Crippen LogP contribution in [0.25, 0.3) is 6.08 Å². The highest BCUT2D eigenvalue weighted by atomic mass is 32.2. The summed E-state index contributed by atoms with van der Waals surface area (Å²) in [5.74, 6) is -4.20. The van der Waals surface area contributed by atoms with Crippen molar-refractivity contribution >= 4 is 17.8 Å². The van der Waals surface area contributed by atoms with Crippen LogP contribution in [0, 0.1) is 0 Å². The van der Waals surface area contributed by atoms with Crippen molar-refractivity contribution < 1.29 is 50.1 Å². The molecule has 7 nitrogen and oxygen atoms in total. The predicted octanol–water partition coefficient (Wildman–Crippen LogP) is 6.60. The molecule has 0 radical (unpaired) electrons. The summed E-state index contributed by atoms with van der Waals surface area (Å²) < 4.78 is 108. The lowest BCUT2D eigenvalue weighted by Gasteiger charge is -2.37. The molecule has 0 bridgehead atoms. The normalized spacial score (nSPS) is 20.1. The Balaban J connectivity index is 1.29. The van der Waals surface area contributed by atoms with Crippen LogP contribution in [-0.4, -0.2) is 68.8 Å². The number of alkyl halides is 7. The Morgan fingerprint density at radius 3 is 2.22 bits per heavy atom. The molecule has 1 N–H and O–H groups in total. The molecule has 1 aromatic heterocycles. The molecule has 45 heavy (non-hydrogen) atoms. The van der Waals surface area contributed by atoms with Gasteiger partial charge in [-0.05, 0) is 41.5 Å². The third-order valence-corrected chi connectivity index (χ3v) is 8.30. The first-order valence-electron chi connectivity index (χ1n) is 13.6. The van der Waals surface area contributed by atoms with Gasteiger partial charge in [0.1, 0.15) is 24.0 Å². The molecule has 2 unspecified atom stereocenters. The van der Waals surface area contributed by atoms with Gasteiger partial charge in [0.05, 0.1) is 30.6 Å². The smallest absolute Gasteiger partial charge is 0.416 e. The number of halogens is 7. The third-order valence-electron chi connectivity index (χ3n) is 6.84. The van der Waals surface area contributed by atoms with Crippen molar-refractivity contribution in [3.05, 3.63) is 96.1 Å². The van der Waals surface area contributed by atoms with Gasteiger partial charge in [-0.1, -0.05) is 49.4 Å². The van der Waals surface area contributed by atoms with Gasteiger partial charge in [0, 0.05) is 5.25 Å². The number of aliphatic hydroxyl groups is 1. The molecular weight excluding hydrogens is 631 g/mol. The third kappa shape index (κ3) is 9.55. The van der Waals surface area contributed by atoms with Crippen molar-refractivity contribution in [3.8, 4) is 5.75 Å². The minimum Gasteiger partial charge on any atom is -0.487 e. The summed E-state index contributed by atoms with van der Waals surface area (Å²) >= 11 is 1.38. The maximum absolute atomic E-state index is 13.1. The van der Waals surface area contributed by atoms with Gasteiger partial charge in [0.2, 0.25) is 0 Å². The fourth-order valence-electron chi connectivity index (χ4n) is 4.29. The SMILES string of the molecule is CC(SC1COC(C=CC=Cc2ccc(OCC(F)(F)C(F)F)cc2)OC1)C(O)(Cn1cncn1)c1ccc(C(F)(F)F)cc1. The molecular formula is C30H30F7N3O4S. The Morgan fingerprint density at radius 1 is 1.00 bits per heavy atom. The van der Waals surface area contributed by atoms with E-state index in [0.29, 0.717) is 11.1 Å². The summed E-state index contributed by atoms with van der Waals surface area (Å²) in [7, 11) is 0. The van der Waals surface area contributed by atoms with Gasteiger partial charge in [-0.15, -0.1) is 11.8 Å². The topological polar surface area (TPSA) is 78.6 Å². The fourth-order valence-corrected chi connectivity index (χ4v) is 5.62. The van der Waals surface area contributed by atoms with E-state index in [-0.39, 0.29) is 30.8 Å². The largest absolute Gasteiger partial charge is 0.487 e. The first kappa shape index (κ1) is 34.5. The van der Waals surface area contributed by atoms with Crippen LogP contribution < -0.4 is 4.74 Å².